The zero-order chi connectivity index (χ0) is 18.0. The van der Waals surface area contributed by atoms with Crippen molar-refractivity contribution >= 4 is 26.5 Å². The van der Waals surface area contributed by atoms with Gasteiger partial charge < -0.3 is 4.90 Å². The van der Waals surface area contributed by atoms with Gasteiger partial charge in [-0.15, -0.1) is 0 Å². The summed E-state index contributed by atoms with van der Waals surface area (Å²) >= 11 is 0. The van der Waals surface area contributed by atoms with E-state index in [1.165, 1.54) is 0 Å². The molecule has 0 bridgehead atoms. The second-order valence-electron chi connectivity index (χ2n) is 6.74. The fraction of sp³-hybridized carbons (Fsp3) is 0.444. The third-order valence-electron chi connectivity index (χ3n) is 4.82. The molecule has 1 fully saturated rings. The van der Waals surface area contributed by atoms with Crippen LogP contribution in [0.25, 0.3) is 10.8 Å². The van der Waals surface area contributed by atoms with Gasteiger partial charge in [-0.3, -0.25) is 14.7 Å². The summed E-state index contributed by atoms with van der Waals surface area (Å²) in [4.78, 5) is 20.2. The summed E-state index contributed by atoms with van der Waals surface area (Å²) in [6.45, 7) is 0.736. The van der Waals surface area contributed by atoms with Crippen molar-refractivity contribution in [2.45, 2.75) is 19.0 Å². The molecule has 0 aliphatic carbocycles. The van der Waals surface area contributed by atoms with Crippen molar-refractivity contribution in [3.63, 3.8) is 0 Å². The van der Waals surface area contributed by atoms with Crippen LogP contribution < -0.4 is 0 Å². The van der Waals surface area contributed by atoms with Crippen LogP contribution in [0.3, 0.4) is 0 Å². The quantitative estimate of drug-likeness (QED) is 0.803. The van der Waals surface area contributed by atoms with Gasteiger partial charge in [0, 0.05) is 37.4 Å². The molecular formula is C18H23N3O3S. The SMILES string of the molecule is CN(Cc1cccc2cnccc12)C(=O)CN(C)C1CCS(=O)(=O)C1. The van der Waals surface area contributed by atoms with Crippen LogP contribution in [0.5, 0.6) is 0 Å². The number of pyridine rings is 1. The van der Waals surface area contributed by atoms with E-state index in [4.69, 9.17) is 0 Å². The van der Waals surface area contributed by atoms with Gasteiger partial charge in [-0.2, -0.15) is 0 Å². The molecule has 1 aliphatic rings. The van der Waals surface area contributed by atoms with E-state index >= 15 is 0 Å². The van der Waals surface area contributed by atoms with Gasteiger partial charge in [0.15, 0.2) is 9.84 Å². The Morgan fingerprint density at radius 1 is 1.28 bits per heavy atom. The Morgan fingerprint density at radius 2 is 2.08 bits per heavy atom. The molecule has 1 aromatic heterocycles. The Bertz CT molecular complexity index is 877. The number of nitrogens with zero attached hydrogens (tertiary/aromatic N) is 3. The number of rotatable bonds is 5. The molecule has 2 heterocycles. The van der Waals surface area contributed by atoms with Crippen molar-refractivity contribution in [3.05, 3.63) is 42.2 Å². The average molecular weight is 361 g/mol. The maximum Gasteiger partial charge on any atom is 0.236 e. The maximum absolute atomic E-state index is 12.5. The number of amides is 1. The lowest BCUT2D eigenvalue weighted by atomic mass is 10.1. The summed E-state index contributed by atoms with van der Waals surface area (Å²) in [6, 6.07) is 7.87. The number of hydrogen-bond acceptors (Lipinski definition) is 5. The number of aromatic nitrogens is 1. The number of carbonyl (C=O) groups is 1. The highest BCUT2D eigenvalue weighted by Crippen LogP contribution is 2.19. The standard InChI is InChI=1S/C18H23N3O3S/c1-20(16-7-9-25(23,24)13-16)12-18(22)21(2)11-15-5-3-4-14-10-19-8-6-17(14)15/h3-6,8,10,16H,7,9,11-13H2,1-2H3. The Balaban J connectivity index is 1.64. The zero-order valence-electron chi connectivity index (χ0n) is 14.6. The van der Waals surface area contributed by atoms with E-state index in [1.807, 2.05) is 42.4 Å². The van der Waals surface area contributed by atoms with E-state index in [-0.39, 0.29) is 30.0 Å². The molecule has 1 amide bonds. The molecule has 1 saturated heterocycles. The number of carbonyl (C=O) groups excluding carboxylic acids is 1. The summed E-state index contributed by atoms with van der Waals surface area (Å²) in [5, 5.41) is 2.14. The number of hydrogen-bond donors (Lipinski definition) is 0. The Labute approximate surface area is 148 Å². The van der Waals surface area contributed by atoms with Gasteiger partial charge in [0.2, 0.25) is 5.91 Å². The summed E-state index contributed by atoms with van der Waals surface area (Å²) in [5.74, 6) is 0.352. The third kappa shape index (κ3) is 4.16. The van der Waals surface area contributed by atoms with Crippen molar-refractivity contribution in [1.82, 2.24) is 14.8 Å². The minimum absolute atomic E-state index is 0.0159. The van der Waals surface area contributed by atoms with E-state index in [2.05, 4.69) is 4.98 Å². The highest BCUT2D eigenvalue weighted by atomic mass is 32.2. The molecule has 7 heteroatoms. The largest absolute Gasteiger partial charge is 0.340 e. The minimum Gasteiger partial charge on any atom is -0.340 e. The van der Waals surface area contributed by atoms with Gasteiger partial charge in [-0.05, 0) is 30.5 Å². The first-order valence-corrected chi connectivity index (χ1v) is 10.1. The fourth-order valence-electron chi connectivity index (χ4n) is 3.26. The molecule has 3 rings (SSSR count). The molecule has 0 spiro atoms. The van der Waals surface area contributed by atoms with Gasteiger partial charge >= 0.3 is 0 Å². The molecule has 0 N–H and O–H groups in total. The number of benzene rings is 1. The van der Waals surface area contributed by atoms with Crippen molar-refractivity contribution in [2.75, 3.05) is 32.1 Å². The van der Waals surface area contributed by atoms with Crippen molar-refractivity contribution in [2.24, 2.45) is 0 Å². The first kappa shape index (κ1) is 17.8. The van der Waals surface area contributed by atoms with Crippen molar-refractivity contribution in [3.8, 4) is 0 Å². The Kier molecular flexibility index (Phi) is 5.06. The first-order chi connectivity index (χ1) is 11.9. The number of likely N-dealkylation sites (N-methyl/N-ethyl adjacent to an activating group) is 2. The summed E-state index contributed by atoms with van der Waals surface area (Å²) in [5.41, 5.74) is 1.07. The van der Waals surface area contributed by atoms with E-state index in [9.17, 15) is 13.2 Å². The Morgan fingerprint density at radius 3 is 2.80 bits per heavy atom. The van der Waals surface area contributed by atoms with Gasteiger partial charge in [-0.1, -0.05) is 18.2 Å². The minimum atomic E-state index is -2.94. The first-order valence-electron chi connectivity index (χ1n) is 8.32. The van der Waals surface area contributed by atoms with Gasteiger partial charge in [0.1, 0.15) is 0 Å². The molecule has 1 aliphatic heterocycles. The van der Waals surface area contributed by atoms with Crippen LogP contribution in [-0.4, -0.2) is 67.3 Å². The van der Waals surface area contributed by atoms with Gasteiger partial charge in [0.25, 0.3) is 0 Å². The molecular weight excluding hydrogens is 338 g/mol. The van der Waals surface area contributed by atoms with E-state index in [0.29, 0.717) is 13.0 Å². The normalized spacial score (nSPS) is 19.4. The fourth-order valence-corrected chi connectivity index (χ4v) is 5.06. The highest BCUT2D eigenvalue weighted by Gasteiger charge is 2.31. The highest BCUT2D eigenvalue weighted by molar-refractivity contribution is 7.91. The van der Waals surface area contributed by atoms with Crippen molar-refractivity contribution < 1.29 is 13.2 Å². The summed E-state index contributed by atoms with van der Waals surface area (Å²) in [7, 11) is 0.658. The monoisotopic (exact) mass is 361 g/mol. The molecule has 0 radical (unpaired) electrons. The summed E-state index contributed by atoms with van der Waals surface area (Å²) in [6.07, 6.45) is 4.17. The smallest absolute Gasteiger partial charge is 0.236 e. The zero-order valence-corrected chi connectivity index (χ0v) is 15.4. The van der Waals surface area contributed by atoms with Crippen molar-refractivity contribution in [1.29, 1.82) is 0 Å². The topological polar surface area (TPSA) is 70.6 Å². The van der Waals surface area contributed by atoms with E-state index < -0.39 is 9.84 Å². The number of fused-ring (bicyclic) bond motifs is 1. The van der Waals surface area contributed by atoms with Gasteiger partial charge in [-0.25, -0.2) is 8.42 Å². The lowest BCUT2D eigenvalue weighted by molar-refractivity contribution is -0.131. The lowest BCUT2D eigenvalue weighted by Gasteiger charge is -2.26. The lowest BCUT2D eigenvalue weighted by Crippen LogP contribution is -2.41. The molecule has 2 aromatic rings. The molecule has 134 valence electrons. The number of sulfone groups is 1. The van der Waals surface area contributed by atoms with Crippen LogP contribution in [0.1, 0.15) is 12.0 Å². The predicted octanol–water partition coefficient (Wildman–Crippen LogP) is 1.31. The Hall–Kier alpha value is -1.99. The van der Waals surface area contributed by atoms with Crippen LogP contribution in [0.2, 0.25) is 0 Å². The molecule has 0 saturated carbocycles. The third-order valence-corrected chi connectivity index (χ3v) is 6.57. The second-order valence-corrected chi connectivity index (χ2v) is 8.96. The van der Waals surface area contributed by atoms with Crippen LogP contribution in [0.15, 0.2) is 36.7 Å². The van der Waals surface area contributed by atoms with E-state index in [0.717, 1.165) is 16.3 Å². The summed E-state index contributed by atoms with van der Waals surface area (Å²) < 4.78 is 23.2. The molecule has 1 aromatic carbocycles. The maximum atomic E-state index is 12.5. The van der Waals surface area contributed by atoms with Crippen LogP contribution in [0, 0.1) is 0 Å². The average Bonchev–Trinajstić information content (AvgIpc) is 2.95. The molecule has 1 atom stereocenters. The second kappa shape index (κ2) is 7.09. The van der Waals surface area contributed by atoms with Crippen LogP contribution in [0.4, 0.5) is 0 Å². The molecule has 6 nitrogen and oxygen atoms in total. The molecule has 1 unspecified atom stereocenters. The molecule has 25 heavy (non-hydrogen) atoms. The van der Waals surface area contributed by atoms with Gasteiger partial charge in [0.05, 0.1) is 18.1 Å². The van der Waals surface area contributed by atoms with E-state index in [1.54, 1.807) is 18.1 Å². The van der Waals surface area contributed by atoms with Crippen LogP contribution in [-0.2, 0) is 21.2 Å². The predicted molar refractivity (Wildman–Crippen MR) is 97.9 cm³/mol. The van der Waals surface area contributed by atoms with Crippen LogP contribution >= 0.6 is 0 Å².